The molecule has 0 fully saturated rings. The largest absolute Gasteiger partial charge is 0.322 e. The zero-order chi connectivity index (χ0) is 19.4. The van der Waals surface area contributed by atoms with E-state index >= 15 is 0 Å². The van der Waals surface area contributed by atoms with Gasteiger partial charge in [-0.3, -0.25) is 24.3 Å². The van der Waals surface area contributed by atoms with Crippen LogP contribution >= 0.6 is 0 Å². The van der Waals surface area contributed by atoms with Gasteiger partial charge in [-0.1, -0.05) is 18.2 Å². The van der Waals surface area contributed by atoms with Crippen molar-refractivity contribution < 1.29 is 14.4 Å². The standard InChI is InChI=1S/C22H17N3O3/c1-25-21(27)13-10-9-12(11-16(13)22(25)28)23-20(26)19-14-5-2-3-7-17(14)24-18-8-4-6-15(18)19/h2-3,5,7,9-11H,4,6,8H2,1H3,(H,23,26). The van der Waals surface area contributed by atoms with Crippen molar-refractivity contribution in [3.63, 3.8) is 0 Å². The second kappa shape index (κ2) is 5.99. The maximum Gasteiger partial charge on any atom is 0.261 e. The molecule has 0 atom stereocenters. The number of para-hydroxylation sites is 1. The third-order valence-corrected chi connectivity index (χ3v) is 5.49. The lowest BCUT2D eigenvalue weighted by molar-refractivity contribution is 0.0692. The minimum atomic E-state index is -0.355. The number of benzene rings is 2. The topological polar surface area (TPSA) is 79.4 Å². The Morgan fingerprint density at radius 1 is 1.04 bits per heavy atom. The number of carbonyl (C=O) groups is 3. The number of imide groups is 1. The fraction of sp³-hybridized carbons (Fsp3) is 0.182. The molecule has 0 saturated carbocycles. The molecule has 1 aromatic heterocycles. The van der Waals surface area contributed by atoms with Gasteiger partial charge in [0.05, 0.1) is 22.2 Å². The molecule has 6 heteroatoms. The highest BCUT2D eigenvalue weighted by Crippen LogP contribution is 2.31. The van der Waals surface area contributed by atoms with Crippen LogP contribution in [0.15, 0.2) is 42.5 Å². The van der Waals surface area contributed by atoms with E-state index < -0.39 is 0 Å². The minimum absolute atomic E-state index is 0.221. The second-order valence-electron chi connectivity index (χ2n) is 7.17. The number of nitrogens with one attached hydrogen (secondary N) is 1. The Bertz CT molecular complexity index is 1200. The Labute approximate surface area is 161 Å². The SMILES string of the molecule is CN1C(=O)c2ccc(NC(=O)c3c4c(nc5ccccc35)CCC4)cc2C1=O. The number of pyridine rings is 1. The van der Waals surface area contributed by atoms with Crippen LogP contribution in [0.1, 0.15) is 48.8 Å². The average Bonchev–Trinajstić information content (AvgIpc) is 3.25. The van der Waals surface area contributed by atoms with Gasteiger partial charge in [0.1, 0.15) is 0 Å². The predicted molar refractivity (Wildman–Crippen MR) is 105 cm³/mol. The van der Waals surface area contributed by atoms with Crippen molar-refractivity contribution in [3.8, 4) is 0 Å². The molecule has 0 radical (unpaired) electrons. The number of carbonyl (C=O) groups excluding carboxylic acids is 3. The van der Waals surface area contributed by atoms with E-state index in [1.165, 1.54) is 7.05 Å². The van der Waals surface area contributed by atoms with Crippen molar-refractivity contribution in [3.05, 3.63) is 70.4 Å². The van der Waals surface area contributed by atoms with E-state index in [0.717, 1.165) is 46.3 Å². The highest BCUT2D eigenvalue weighted by molar-refractivity contribution is 6.22. The van der Waals surface area contributed by atoms with E-state index in [1.807, 2.05) is 24.3 Å². The smallest absolute Gasteiger partial charge is 0.261 e. The van der Waals surface area contributed by atoms with E-state index in [0.29, 0.717) is 22.4 Å². The number of hydrogen-bond donors (Lipinski definition) is 1. The van der Waals surface area contributed by atoms with Crippen LogP contribution in [-0.2, 0) is 12.8 Å². The summed E-state index contributed by atoms with van der Waals surface area (Å²) >= 11 is 0. The van der Waals surface area contributed by atoms with Crippen molar-refractivity contribution in [1.29, 1.82) is 0 Å². The zero-order valence-electron chi connectivity index (χ0n) is 15.3. The summed E-state index contributed by atoms with van der Waals surface area (Å²) in [7, 11) is 1.45. The van der Waals surface area contributed by atoms with Crippen LogP contribution < -0.4 is 5.32 Å². The van der Waals surface area contributed by atoms with Crippen LogP contribution in [0, 0.1) is 0 Å². The molecule has 6 nitrogen and oxygen atoms in total. The Kier molecular flexibility index (Phi) is 3.55. The van der Waals surface area contributed by atoms with Crippen molar-refractivity contribution in [1.82, 2.24) is 9.88 Å². The maximum absolute atomic E-state index is 13.2. The molecule has 2 aromatic carbocycles. The van der Waals surface area contributed by atoms with Gasteiger partial charge in [-0.2, -0.15) is 0 Å². The Balaban J connectivity index is 1.56. The normalized spacial score (nSPS) is 15.1. The van der Waals surface area contributed by atoms with Crippen LogP contribution in [0.3, 0.4) is 0 Å². The molecular formula is C22H17N3O3. The van der Waals surface area contributed by atoms with Crippen molar-refractivity contribution in [2.75, 3.05) is 12.4 Å². The molecule has 1 N–H and O–H groups in total. The first-order valence-electron chi connectivity index (χ1n) is 9.23. The lowest BCUT2D eigenvalue weighted by atomic mass is 10.00. The fourth-order valence-electron chi connectivity index (χ4n) is 4.10. The van der Waals surface area contributed by atoms with Crippen LogP contribution in [-0.4, -0.2) is 34.7 Å². The van der Waals surface area contributed by atoms with Gasteiger partial charge in [0, 0.05) is 23.8 Å². The van der Waals surface area contributed by atoms with Crippen LogP contribution in [0.25, 0.3) is 10.9 Å². The third-order valence-electron chi connectivity index (χ3n) is 5.49. The summed E-state index contributed by atoms with van der Waals surface area (Å²) in [5.74, 6) is -0.899. The number of aromatic nitrogens is 1. The van der Waals surface area contributed by atoms with E-state index in [4.69, 9.17) is 4.98 Å². The molecule has 3 amide bonds. The Morgan fingerprint density at radius 3 is 2.68 bits per heavy atom. The van der Waals surface area contributed by atoms with Gasteiger partial charge >= 0.3 is 0 Å². The molecule has 1 aliphatic heterocycles. The number of amides is 3. The van der Waals surface area contributed by atoms with Gasteiger partial charge in [0.2, 0.25) is 0 Å². The third kappa shape index (κ3) is 2.34. The monoisotopic (exact) mass is 371 g/mol. The van der Waals surface area contributed by atoms with Crippen molar-refractivity contribution >= 4 is 34.3 Å². The number of nitrogens with zero attached hydrogens (tertiary/aromatic N) is 2. The van der Waals surface area contributed by atoms with Crippen LogP contribution in [0.4, 0.5) is 5.69 Å². The van der Waals surface area contributed by atoms with Crippen LogP contribution in [0.5, 0.6) is 0 Å². The highest BCUT2D eigenvalue weighted by Gasteiger charge is 2.33. The molecule has 2 heterocycles. The van der Waals surface area contributed by atoms with Gasteiger partial charge in [-0.05, 0) is 49.1 Å². The second-order valence-corrected chi connectivity index (χ2v) is 7.17. The number of anilines is 1. The summed E-state index contributed by atoms with van der Waals surface area (Å²) in [5, 5.41) is 3.74. The summed E-state index contributed by atoms with van der Waals surface area (Å²) in [4.78, 5) is 43.3. The quantitative estimate of drug-likeness (QED) is 0.702. The van der Waals surface area contributed by atoms with E-state index in [9.17, 15) is 14.4 Å². The molecule has 0 unspecified atom stereocenters. The number of aryl methyl sites for hydroxylation is 1. The molecule has 138 valence electrons. The first-order chi connectivity index (χ1) is 13.5. The molecule has 0 bridgehead atoms. The Morgan fingerprint density at radius 2 is 1.82 bits per heavy atom. The summed E-state index contributed by atoms with van der Waals surface area (Å²) in [6.07, 6.45) is 2.70. The summed E-state index contributed by atoms with van der Waals surface area (Å²) in [5.41, 5.74) is 4.62. The molecule has 5 rings (SSSR count). The molecule has 0 spiro atoms. The average molecular weight is 371 g/mol. The predicted octanol–water partition coefficient (Wildman–Crippen LogP) is 3.20. The van der Waals surface area contributed by atoms with Gasteiger partial charge in [0.25, 0.3) is 17.7 Å². The van der Waals surface area contributed by atoms with Crippen molar-refractivity contribution in [2.24, 2.45) is 0 Å². The van der Waals surface area contributed by atoms with Gasteiger partial charge in [-0.15, -0.1) is 0 Å². The lowest BCUT2D eigenvalue weighted by Crippen LogP contribution is -2.24. The van der Waals surface area contributed by atoms with Crippen LogP contribution in [0.2, 0.25) is 0 Å². The number of rotatable bonds is 2. The summed E-state index contributed by atoms with van der Waals surface area (Å²) in [6, 6.07) is 12.5. The Hall–Kier alpha value is -3.54. The first-order valence-corrected chi connectivity index (χ1v) is 9.23. The maximum atomic E-state index is 13.2. The van der Waals surface area contributed by atoms with Gasteiger partial charge < -0.3 is 5.32 Å². The minimum Gasteiger partial charge on any atom is -0.322 e. The van der Waals surface area contributed by atoms with Gasteiger partial charge in [0.15, 0.2) is 0 Å². The van der Waals surface area contributed by atoms with E-state index in [1.54, 1.807) is 18.2 Å². The van der Waals surface area contributed by atoms with E-state index in [-0.39, 0.29) is 17.7 Å². The summed E-state index contributed by atoms with van der Waals surface area (Å²) < 4.78 is 0. The fourth-order valence-corrected chi connectivity index (χ4v) is 4.10. The molecular weight excluding hydrogens is 354 g/mol. The van der Waals surface area contributed by atoms with Crippen molar-refractivity contribution in [2.45, 2.75) is 19.3 Å². The highest BCUT2D eigenvalue weighted by atomic mass is 16.2. The molecule has 3 aromatic rings. The number of fused-ring (bicyclic) bond motifs is 3. The molecule has 1 aliphatic carbocycles. The molecule has 28 heavy (non-hydrogen) atoms. The number of hydrogen-bond acceptors (Lipinski definition) is 4. The molecule has 2 aliphatic rings. The molecule has 0 saturated heterocycles. The summed E-state index contributed by atoms with van der Waals surface area (Å²) in [6.45, 7) is 0. The zero-order valence-corrected chi connectivity index (χ0v) is 15.3. The first kappa shape index (κ1) is 16.6. The van der Waals surface area contributed by atoms with E-state index in [2.05, 4.69) is 5.32 Å². The van der Waals surface area contributed by atoms with Gasteiger partial charge in [-0.25, -0.2) is 0 Å². The lowest BCUT2D eigenvalue weighted by Gasteiger charge is -2.13.